The van der Waals surface area contributed by atoms with Gasteiger partial charge in [0.25, 0.3) is 0 Å². The second kappa shape index (κ2) is 6.84. The number of benzene rings is 1. The molecule has 2 rings (SSSR count). The smallest absolute Gasteiger partial charge is 0.223 e. The average Bonchev–Trinajstić information content (AvgIpc) is 2.76. The van der Waals surface area contributed by atoms with E-state index in [1.807, 2.05) is 11.0 Å². The molecule has 0 aliphatic carbocycles. The first kappa shape index (κ1) is 15.0. The minimum absolute atomic E-state index is 0.198. The third kappa shape index (κ3) is 3.79. The number of hydrogen-bond acceptors (Lipinski definition) is 2. The Morgan fingerprint density at radius 1 is 1.45 bits per heavy atom. The van der Waals surface area contributed by atoms with Crippen molar-refractivity contribution in [1.29, 1.82) is 0 Å². The fourth-order valence-corrected chi connectivity index (χ4v) is 2.90. The summed E-state index contributed by atoms with van der Waals surface area (Å²) in [7, 11) is 0. The molecular formula is C16H23FN2O. The zero-order valence-electron chi connectivity index (χ0n) is 12.2. The molecule has 4 heteroatoms. The Morgan fingerprint density at radius 2 is 2.25 bits per heavy atom. The number of halogens is 1. The van der Waals surface area contributed by atoms with Gasteiger partial charge in [0.15, 0.2) is 0 Å². The molecule has 1 aromatic carbocycles. The highest BCUT2D eigenvalue weighted by atomic mass is 19.1. The van der Waals surface area contributed by atoms with Crippen molar-refractivity contribution < 1.29 is 9.18 Å². The number of rotatable bonds is 6. The molecule has 1 fully saturated rings. The summed E-state index contributed by atoms with van der Waals surface area (Å²) in [5.41, 5.74) is 0.952. The van der Waals surface area contributed by atoms with Crippen LogP contribution >= 0.6 is 0 Å². The van der Waals surface area contributed by atoms with E-state index in [9.17, 15) is 9.18 Å². The molecule has 1 unspecified atom stereocenters. The summed E-state index contributed by atoms with van der Waals surface area (Å²) >= 11 is 0. The van der Waals surface area contributed by atoms with Crippen molar-refractivity contribution in [2.45, 2.75) is 51.7 Å². The number of likely N-dealkylation sites (tertiary alicyclic amines) is 1. The normalized spacial score (nSPS) is 19.1. The standard InChI is InChI=1S/C16H23FN2O/c1-12(2)19-15(6-7-16(19)20)8-9-18-11-13-4-3-5-14(17)10-13/h3-5,10,12,15,18H,6-9,11H2,1-2H3. The molecule has 1 aliphatic rings. The molecule has 1 aliphatic heterocycles. The lowest BCUT2D eigenvalue weighted by Crippen LogP contribution is -2.40. The Balaban J connectivity index is 1.74. The SMILES string of the molecule is CC(C)N1C(=O)CCC1CCNCc1cccc(F)c1. The third-order valence-corrected chi connectivity index (χ3v) is 3.80. The van der Waals surface area contributed by atoms with E-state index >= 15 is 0 Å². The lowest BCUT2D eigenvalue weighted by Gasteiger charge is -2.28. The number of amides is 1. The summed E-state index contributed by atoms with van der Waals surface area (Å²) in [6.45, 7) is 5.64. The topological polar surface area (TPSA) is 32.3 Å². The maximum absolute atomic E-state index is 13.0. The van der Waals surface area contributed by atoms with Gasteiger partial charge < -0.3 is 10.2 Å². The van der Waals surface area contributed by atoms with Crippen LogP contribution in [0.3, 0.4) is 0 Å². The quantitative estimate of drug-likeness (QED) is 0.811. The zero-order valence-corrected chi connectivity index (χ0v) is 12.2. The second-order valence-electron chi connectivity index (χ2n) is 5.68. The van der Waals surface area contributed by atoms with Crippen molar-refractivity contribution in [3.63, 3.8) is 0 Å². The molecule has 0 radical (unpaired) electrons. The predicted molar refractivity (Wildman–Crippen MR) is 77.7 cm³/mol. The van der Waals surface area contributed by atoms with Crippen LogP contribution in [0.1, 0.15) is 38.7 Å². The molecule has 0 saturated carbocycles. The molecular weight excluding hydrogens is 255 g/mol. The van der Waals surface area contributed by atoms with Crippen LogP contribution in [-0.4, -0.2) is 29.4 Å². The molecule has 1 saturated heterocycles. The number of nitrogens with zero attached hydrogens (tertiary/aromatic N) is 1. The van der Waals surface area contributed by atoms with Gasteiger partial charge in [0.05, 0.1) is 0 Å². The van der Waals surface area contributed by atoms with Gasteiger partial charge in [0, 0.05) is 25.0 Å². The first-order valence-corrected chi connectivity index (χ1v) is 7.34. The summed E-state index contributed by atoms with van der Waals surface area (Å²) < 4.78 is 13.0. The van der Waals surface area contributed by atoms with Gasteiger partial charge in [-0.3, -0.25) is 4.79 Å². The summed E-state index contributed by atoms with van der Waals surface area (Å²) in [5.74, 6) is 0.0757. The monoisotopic (exact) mass is 278 g/mol. The molecule has 1 atom stereocenters. The number of carbonyl (C=O) groups is 1. The first-order chi connectivity index (χ1) is 9.58. The Morgan fingerprint density at radius 3 is 2.95 bits per heavy atom. The predicted octanol–water partition coefficient (Wildman–Crippen LogP) is 2.70. The van der Waals surface area contributed by atoms with Crippen LogP contribution in [0.5, 0.6) is 0 Å². The summed E-state index contributed by atoms with van der Waals surface area (Å²) in [5, 5.41) is 3.33. The lowest BCUT2D eigenvalue weighted by molar-refractivity contribution is -0.130. The second-order valence-corrected chi connectivity index (χ2v) is 5.68. The van der Waals surface area contributed by atoms with Crippen LogP contribution in [0, 0.1) is 5.82 Å². The summed E-state index contributed by atoms with van der Waals surface area (Å²) in [6.07, 6.45) is 2.59. The minimum Gasteiger partial charge on any atom is -0.337 e. The highest BCUT2D eigenvalue weighted by molar-refractivity contribution is 5.79. The highest BCUT2D eigenvalue weighted by Gasteiger charge is 2.31. The van der Waals surface area contributed by atoms with E-state index in [1.165, 1.54) is 6.07 Å². The van der Waals surface area contributed by atoms with Crippen LogP contribution < -0.4 is 5.32 Å². The number of hydrogen-bond donors (Lipinski definition) is 1. The summed E-state index contributed by atoms with van der Waals surface area (Å²) in [4.78, 5) is 13.8. The molecule has 110 valence electrons. The number of carbonyl (C=O) groups excluding carboxylic acids is 1. The Hall–Kier alpha value is -1.42. The van der Waals surface area contributed by atoms with Crippen molar-refractivity contribution in [1.82, 2.24) is 10.2 Å². The molecule has 1 aromatic rings. The van der Waals surface area contributed by atoms with E-state index in [0.717, 1.165) is 24.9 Å². The maximum atomic E-state index is 13.0. The zero-order chi connectivity index (χ0) is 14.5. The maximum Gasteiger partial charge on any atom is 0.223 e. The van der Waals surface area contributed by atoms with Gasteiger partial charge in [-0.05, 0) is 50.9 Å². The van der Waals surface area contributed by atoms with E-state index in [2.05, 4.69) is 19.2 Å². The molecule has 20 heavy (non-hydrogen) atoms. The van der Waals surface area contributed by atoms with Crippen LogP contribution in [-0.2, 0) is 11.3 Å². The Bertz CT molecular complexity index is 462. The van der Waals surface area contributed by atoms with Crippen molar-refractivity contribution >= 4 is 5.91 Å². The van der Waals surface area contributed by atoms with E-state index in [1.54, 1.807) is 12.1 Å². The molecule has 1 amide bonds. The van der Waals surface area contributed by atoms with Crippen molar-refractivity contribution in [3.8, 4) is 0 Å². The van der Waals surface area contributed by atoms with Gasteiger partial charge in [0.2, 0.25) is 5.91 Å². The van der Waals surface area contributed by atoms with E-state index < -0.39 is 0 Å². The van der Waals surface area contributed by atoms with Gasteiger partial charge in [-0.1, -0.05) is 12.1 Å². The average molecular weight is 278 g/mol. The third-order valence-electron chi connectivity index (χ3n) is 3.80. The molecule has 0 aromatic heterocycles. The fraction of sp³-hybridized carbons (Fsp3) is 0.562. The molecule has 3 nitrogen and oxygen atoms in total. The van der Waals surface area contributed by atoms with Gasteiger partial charge in [0.1, 0.15) is 5.82 Å². The van der Waals surface area contributed by atoms with Crippen LogP contribution in [0.2, 0.25) is 0 Å². The molecule has 0 spiro atoms. The van der Waals surface area contributed by atoms with Crippen LogP contribution in [0.4, 0.5) is 4.39 Å². The largest absolute Gasteiger partial charge is 0.337 e. The Labute approximate surface area is 120 Å². The fourth-order valence-electron chi connectivity index (χ4n) is 2.90. The van der Waals surface area contributed by atoms with Gasteiger partial charge in [-0.15, -0.1) is 0 Å². The lowest BCUT2D eigenvalue weighted by atomic mass is 10.1. The van der Waals surface area contributed by atoms with E-state index in [4.69, 9.17) is 0 Å². The van der Waals surface area contributed by atoms with Crippen molar-refractivity contribution in [2.24, 2.45) is 0 Å². The first-order valence-electron chi connectivity index (χ1n) is 7.34. The highest BCUT2D eigenvalue weighted by Crippen LogP contribution is 2.23. The van der Waals surface area contributed by atoms with Crippen molar-refractivity contribution in [3.05, 3.63) is 35.6 Å². The van der Waals surface area contributed by atoms with E-state index in [0.29, 0.717) is 19.0 Å². The van der Waals surface area contributed by atoms with Crippen LogP contribution in [0.15, 0.2) is 24.3 Å². The minimum atomic E-state index is -0.198. The van der Waals surface area contributed by atoms with Gasteiger partial charge in [-0.25, -0.2) is 4.39 Å². The molecule has 1 N–H and O–H groups in total. The molecule has 1 heterocycles. The van der Waals surface area contributed by atoms with Crippen LogP contribution in [0.25, 0.3) is 0 Å². The molecule has 0 bridgehead atoms. The van der Waals surface area contributed by atoms with Crippen molar-refractivity contribution in [2.75, 3.05) is 6.54 Å². The Kier molecular flexibility index (Phi) is 5.12. The van der Waals surface area contributed by atoms with E-state index in [-0.39, 0.29) is 17.8 Å². The summed E-state index contributed by atoms with van der Waals surface area (Å²) in [6, 6.07) is 7.26. The number of nitrogens with one attached hydrogen (secondary N) is 1. The van der Waals surface area contributed by atoms with Gasteiger partial charge >= 0.3 is 0 Å². The van der Waals surface area contributed by atoms with Gasteiger partial charge in [-0.2, -0.15) is 0 Å².